The molecule has 0 bridgehead atoms. The van der Waals surface area contributed by atoms with Gasteiger partial charge >= 0.3 is 0 Å². The number of rotatable bonds is 5. The molecular weight excluding hydrogens is 355 g/mol. The van der Waals surface area contributed by atoms with Crippen LogP contribution >= 0.6 is 6.89 Å². The van der Waals surface area contributed by atoms with Gasteiger partial charge in [0.1, 0.15) is 0 Å². The van der Waals surface area contributed by atoms with Crippen LogP contribution in [0.5, 0.6) is 0 Å². The third-order valence-electron chi connectivity index (χ3n) is 4.89. The maximum Gasteiger partial charge on any atom is -0.0160 e. The summed E-state index contributed by atoms with van der Waals surface area (Å²) >= 11 is 0. The molecule has 0 N–H and O–H groups in total. The van der Waals surface area contributed by atoms with Crippen molar-refractivity contribution in [3.05, 3.63) is 133 Å². The van der Waals surface area contributed by atoms with Crippen LogP contribution in [-0.2, 0) is 0 Å². The summed E-state index contributed by atoms with van der Waals surface area (Å²) in [5.41, 5.74) is 1.21. The van der Waals surface area contributed by atoms with E-state index in [1.54, 1.807) is 0 Å². The first-order valence-electron chi connectivity index (χ1n) is 9.53. The summed E-state index contributed by atoms with van der Waals surface area (Å²) in [6.07, 6.45) is 4.43. The lowest BCUT2D eigenvalue weighted by molar-refractivity contribution is 1.66. The highest BCUT2D eigenvalue weighted by atomic mass is 31.2. The lowest BCUT2D eigenvalue weighted by Crippen LogP contribution is -2.26. The summed E-state index contributed by atoms with van der Waals surface area (Å²) in [6.45, 7) is -1.90. The first kappa shape index (κ1) is 18.3. The van der Waals surface area contributed by atoms with E-state index in [1.807, 2.05) is 0 Å². The van der Waals surface area contributed by atoms with E-state index in [0.717, 1.165) is 0 Å². The monoisotopic (exact) mass is 378 g/mol. The molecule has 0 aliphatic carbocycles. The molecule has 0 aromatic heterocycles. The highest BCUT2D eigenvalue weighted by Gasteiger charge is 2.23. The second kappa shape index (κ2) is 8.74. The van der Waals surface area contributed by atoms with Crippen LogP contribution in [0.2, 0.25) is 0 Å². The molecule has 1 heteroatoms. The van der Waals surface area contributed by atoms with E-state index in [-0.39, 0.29) is 0 Å². The van der Waals surface area contributed by atoms with E-state index in [4.69, 9.17) is 0 Å². The molecule has 0 fully saturated rings. The van der Waals surface area contributed by atoms with Crippen LogP contribution in [0.4, 0.5) is 0 Å². The minimum absolute atomic E-state index is 1.21. The highest BCUT2D eigenvalue weighted by molar-refractivity contribution is 7.94. The summed E-state index contributed by atoms with van der Waals surface area (Å²) in [5.74, 6) is 2.43. The second-order valence-electron chi connectivity index (χ2n) is 6.65. The molecule has 0 atom stereocenters. The fourth-order valence-corrected chi connectivity index (χ4v) is 7.22. The van der Waals surface area contributed by atoms with Crippen LogP contribution in [0, 0.1) is 0 Å². The van der Waals surface area contributed by atoms with Gasteiger partial charge in [-0.05, 0) is 28.4 Å². The predicted octanol–water partition coefficient (Wildman–Crippen LogP) is 5.50. The Bertz CT molecular complexity index is 977. The topological polar surface area (TPSA) is 0 Å². The van der Waals surface area contributed by atoms with E-state index < -0.39 is 6.89 Å². The third-order valence-corrected chi connectivity index (χ3v) is 8.85. The average molecular weight is 378 g/mol. The Kier molecular flexibility index (Phi) is 5.71. The molecule has 0 spiro atoms. The summed E-state index contributed by atoms with van der Waals surface area (Å²) in [5, 5.41) is 4.10. The lowest BCUT2D eigenvalue weighted by atomic mass is 10.2. The van der Waals surface area contributed by atoms with Crippen molar-refractivity contribution >= 4 is 34.7 Å². The molecule has 0 unspecified atom stereocenters. The number of allylic oxidation sites excluding steroid dienone is 1. The minimum atomic E-state index is -1.90. The van der Waals surface area contributed by atoms with Crippen LogP contribution in [0.15, 0.2) is 127 Å². The first-order valence-corrected chi connectivity index (χ1v) is 11.4. The lowest BCUT2D eigenvalue weighted by Gasteiger charge is -2.28. The van der Waals surface area contributed by atoms with Crippen molar-refractivity contribution in [2.75, 3.05) is 0 Å². The Morgan fingerprint density at radius 3 is 1.18 bits per heavy atom. The van der Waals surface area contributed by atoms with Crippen LogP contribution in [0.25, 0.3) is 6.08 Å². The summed E-state index contributed by atoms with van der Waals surface area (Å²) in [4.78, 5) is 0. The molecule has 4 aromatic carbocycles. The summed E-state index contributed by atoms with van der Waals surface area (Å²) in [7, 11) is 0. The van der Waals surface area contributed by atoms with Crippen molar-refractivity contribution in [1.29, 1.82) is 0 Å². The fraction of sp³-hybridized carbons (Fsp3) is 0. The predicted molar refractivity (Wildman–Crippen MR) is 127 cm³/mol. The molecule has 4 aromatic rings. The molecule has 28 heavy (non-hydrogen) atoms. The number of benzene rings is 4. The van der Waals surface area contributed by atoms with Crippen molar-refractivity contribution in [2.45, 2.75) is 0 Å². The number of hydrogen-bond donors (Lipinski definition) is 0. The molecule has 0 heterocycles. The highest BCUT2D eigenvalue weighted by Crippen LogP contribution is 2.43. The van der Waals surface area contributed by atoms with Gasteiger partial charge in [-0.1, -0.05) is 139 Å². The van der Waals surface area contributed by atoms with Crippen molar-refractivity contribution in [3.8, 4) is 0 Å². The van der Waals surface area contributed by atoms with Crippen LogP contribution in [0.3, 0.4) is 0 Å². The van der Waals surface area contributed by atoms with Gasteiger partial charge in [0.15, 0.2) is 0 Å². The van der Waals surface area contributed by atoms with Gasteiger partial charge in [0.2, 0.25) is 0 Å². The standard InChI is InChI=1S/C27H23P/c1-5-14-24(15-6-1)16-13-23-28(25-17-7-2-8-18-25,26-19-9-3-10-20-26)27-21-11-4-12-22-27/h1-23H/b16-13+. The van der Waals surface area contributed by atoms with E-state index in [0.29, 0.717) is 0 Å². The zero-order chi connectivity index (χ0) is 19.1. The zero-order valence-corrected chi connectivity index (χ0v) is 16.6. The zero-order valence-electron chi connectivity index (χ0n) is 15.7. The van der Waals surface area contributed by atoms with Crippen molar-refractivity contribution < 1.29 is 0 Å². The smallest absolute Gasteiger partial charge is 0.0160 e. The Morgan fingerprint density at radius 2 is 0.786 bits per heavy atom. The van der Waals surface area contributed by atoms with Gasteiger partial charge in [0.25, 0.3) is 0 Å². The van der Waals surface area contributed by atoms with E-state index in [9.17, 15) is 0 Å². The Morgan fingerprint density at radius 1 is 0.429 bits per heavy atom. The van der Waals surface area contributed by atoms with Crippen molar-refractivity contribution in [3.63, 3.8) is 0 Å². The van der Waals surface area contributed by atoms with Gasteiger partial charge in [0, 0.05) is 0 Å². The Hall–Kier alpha value is -3.08. The maximum absolute atomic E-state index is 2.43. The van der Waals surface area contributed by atoms with Crippen LogP contribution < -0.4 is 15.9 Å². The Labute approximate surface area is 167 Å². The maximum atomic E-state index is 2.43. The normalized spacial score (nSPS) is 11.4. The van der Waals surface area contributed by atoms with Crippen LogP contribution in [-0.4, -0.2) is 5.80 Å². The molecule has 4 rings (SSSR count). The quantitative estimate of drug-likeness (QED) is 0.403. The van der Waals surface area contributed by atoms with Gasteiger partial charge in [-0.3, -0.25) is 0 Å². The second-order valence-corrected chi connectivity index (χ2v) is 9.94. The van der Waals surface area contributed by atoms with E-state index in [2.05, 4.69) is 139 Å². The van der Waals surface area contributed by atoms with Crippen molar-refractivity contribution in [2.24, 2.45) is 0 Å². The molecule has 0 saturated heterocycles. The summed E-state index contributed by atoms with van der Waals surface area (Å²) < 4.78 is 0. The molecular formula is C27H23P. The molecule has 0 aliphatic rings. The Balaban J connectivity index is 1.99. The fourth-order valence-electron chi connectivity index (χ4n) is 3.54. The molecule has 0 aliphatic heterocycles. The van der Waals surface area contributed by atoms with Gasteiger partial charge in [-0.15, -0.1) is 0 Å². The SMILES string of the molecule is C(/C=C/c1ccccc1)=P(c1ccccc1)(c1ccccc1)c1ccccc1. The van der Waals surface area contributed by atoms with Gasteiger partial charge in [0.05, 0.1) is 0 Å². The summed E-state index contributed by atoms with van der Waals surface area (Å²) in [6, 6.07) is 43.2. The molecule has 0 radical (unpaired) electrons. The van der Waals surface area contributed by atoms with E-state index >= 15 is 0 Å². The minimum Gasteiger partial charge on any atom is -0.0622 e. The third kappa shape index (κ3) is 3.79. The molecule has 0 saturated carbocycles. The van der Waals surface area contributed by atoms with Gasteiger partial charge in [-0.2, -0.15) is 0 Å². The molecule has 136 valence electrons. The van der Waals surface area contributed by atoms with Crippen LogP contribution in [0.1, 0.15) is 5.56 Å². The largest absolute Gasteiger partial charge is 0.0622 e. The van der Waals surface area contributed by atoms with Gasteiger partial charge in [-0.25, -0.2) is 0 Å². The first-order chi connectivity index (χ1) is 13.9. The molecule has 0 nitrogen and oxygen atoms in total. The van der Waals surface area contributed by atoms with Crippen molar-refractivity contribution in [1.82, 2.24) is 0 Å². The van der Waals surface area contributed by atoms with E-state index in [1.165, 1.54) is 21.5 Å². The number of hydrogen-bond acceptors (Lipinski definition) is 0. The molecule has 0 amide bonds. The van der Waals surface area contributed by atoms with Gasteiger partial charge < -0.3 is 0 Å². The average Bonchev–Trinajstić information content (AvgIpc) is 2.79.